The van der Waals surface area contributed by atoms with Crippen molar-refractivity contribution in [2.75, 3.05) is 4.90 Å². The molecule has 3 aliphatic rings. The minimum absolute atomic E-state index is 0.00513. The molecule has 7 aromatic carbocycles. The maximum Gasteiger partial charge on any atom is 0.0726 e. The Kier molecular flexibility index (Phi) is 7.04. The predicted octanol–water partition coefficient (Wildman–Crippen LogP) is 14.4. The molecule has 2 aliphatic carbocycles. The van der Waals surface area contributed by atoms with Gasteiger partial charge in [0.05, 0.1) is 22.5 Å². The van der Waals surface area contributed by atoms with E-state index >= 15 is 0 Å². The molecular formula is C54H49N. The van der Waals surface area contributed by atoms with E-state index in [0.717, 1.165) is 0 Å². The Bertz CT molecular complexity index is 2650. The van der Waals surface area contributed by atoms with Gasteiger partial charge in [0, 0.05) is 11.0 Å². The molecule has 0 amide bonds. The first kappa shape index (κ1) is 33.9. The van der Waals surface area contributed by atoms with Gasteiger partial charge >= 0.3 is 0 Å². The van der Waals surface area contributed by atoms with Crippen LogP contribution >= 0.6 is 0 Å². The maximum absolute atomic E-state index is 2.62. The molecule has 7 aromatic rings. The zero-order chi connectivity index (χ0) is 38.1. The van der Waals surface area contributed by atoms with Crippen LogP contribution < -0.4 is 4.90 Å². The van der Waals surface area contributed by atoms with Crippen molar-refractivity contribution in [2.45, 2.75) is 77.0 Å². The lowest BCUT2D eigenvalue weighted by atomic mass is 9.68. The Morgan fingerprint density at radius 1 is 0.382 bits per heavy atom. The average Bonchev–Trinajstić information content (AvgIpc) is 3.65. The molecule has 55 heavy (non-hydrogen) atoms. The lowest BCUT2D eigenvalue weighted by molar-refractivity contribution is 0.586. The molecule has 0 atom stereocenters. The van der Waals surface area contributed by atoms with E-state index in [4.69, 9.17) is 0 Å². The Balaban J connectivity index is 1.36. The first-order chi connectivity index (χ1) is 26.3. The van der Waals surface area contributed by atoms with Crippen molar-refractivity contribution in [2.24, 2.45) is 0 Å². The van der Waals surface area contributed by atoms with Gasteiger partial charge in [-0.2, -0.15) is 0 Å². The molecule has 1 aliphatic heterocycles. The van der Waals surface area contributed by atoms with Crippen LogP contribution in [0, 0.1) is 0 Å². The summed E-state index contributed by atoms with van der Waals surface area (Å²) in [5.41, 5.74) is 21.8. The van der Waals surface area contributed by atoms with Crippen LogP contribution in [-0.2, 0) is 21.7 Å². The Labute approximate surface area is 327 Å². The summed E-state index contributed by atoms with van der Waals surface area (Å²) in [5, 5.41) is 0. The summed E-state index contributed by atoms with van der Waals surface area (Å²) < 4.78 is 0. The number of nitrogens with zero attached hydrogens (tertiary/aromatic N) is 1. The van der Waals surface area contributed by atoms with E-state index < -0.39 is 5.41 Å². The van der Waals surface area contributed by atoms with Crippen molar-refractivity contribution in [3.05, 3.63) is 196 Å². The van der Waals surface area contributed by atoms with Crippen molar-refractivity contribution in [3.8, 4) is 33.4 Å². The minimum atomic E-state index is -0.455. The predicted molar refractivity (Wildman–Crippen MR) is 232 cm³/mol. The second-order valence-corrected chi connectivity index (χ2v) is 18.6. The van der Waals surface area contributed by atoms with Crippen LogP contribution in [0.3, 0.4) is 0 Å². The molecule has 0 fully saturated rings. The third kappa shape index (κ3) is 4.65. The van der Waals surface area contributed by atoms with Crippen LogP contribution in [0.4, 0.5) is 17.1 Å². The zero-order valence-corrected chi connectivity index (χ0v) is 33.4. The van der Waals surface area contributed by atoms with E-state index in [0.29, 0.717) is 0 Å². The van der Waals surface area contributed by atoms with Gasteiger partial charge in [0.1, 0.15) is 0 Å². The fourth-order valence-electron chi connectivity index (χ4n) is 10.1. The average molecular weight is 712 g/mol. The summed E-state index contributed by atoms with van der Waals surface area (Å²) in [5.74, 6) is 0. The number of anilines is 3. The Morgan fingerprint density at radius 2 is 0.945 bits per heavy atom. The van der Waals surface area contributed by atoms with Crippen LogP contribution in [0.15, 0.2) is 152 Å². The third-order valence-corrected chi connectivity index (χ3v) is 13.0. The molecule has 0 bridgehead atoms. The standard InChI is InChI=1S/C54H49N/c1-51(2,3)36-27-28-40-44(31-36)54(41-22-14-12-20-38(41)39-21-13-15-23-42(39)54)46-32-37(52(4,5)6)33-49(50(40)46)55-47-25-17-16-24-43(47)53(7,8)45-30-35(26-29-48(45)55)34-18-10-9-11-19-34/h9-33H,1-8H3. The van der Waals surface area contributed by atoms with E-state index in [2.05, 4.69) is 212 Å². The molecule has 270 valence electrons. The highest BCUT2D eigenvalue weighted by atomic mass is 15.2. The normalized spacial score (nSPS) is 15.5. The second-order valence-electron chi connectivity index (χ2n) is 18.6. The van der Waals surface area contributed by atoms with Gasteiger partial charge in [-0.3, -0.25) is 0 Å². The largest absolute Gasteiger partial charge is 0.309 e. The minimum Gasteiger partial charge on any atom is -0.309 e. The first-order valence-electron chi connectivity index (χ1n) is 19.9. The summed E-state index contributed by atoms with van der Waals surface area (Å²) in [7, 11) is 0. The maximum atomic E-state index is 2.62. The lowest BCUT2D eigenvalue weighted by Crippen LogP contribution is -2.31. The van der Waals surface area contributed by atoms with Gasteiger partial charge in [-0.15, -0.1) is 0 Å². The molecule has 0 unspecified atom stereocenters. The summed E-state index contributed by atoms with van der Waals surface area (Å²) in [6.07, 6.45) is 0. The van der Waals surface area contributed by atoms with E-state index in [9.17, 15) is 0 Å². The molecule has 1 spiro atoms. The summed E-state index contributed by atoms with van der Waals surface area (Å²) in [4.78, 5) is 2.62. The number of hydrogen-bond acceptors (Lipinski definition) is 1. The monoisotopic (exact) mass is 711 g/mol. The van der Waals surface area contributed by atoms with Crippen LogP contribution in [0.25, 0.3) is 33.4 Å². The molecule has 0 radical (unpaired) electrons. The topological polar surface area (TPSA) is 3.24 Å². The molecule has 1 nitrogen and oxygen atoms in total. The number of benzene rings is 7. The van der Waals surface area contributed by atoms with Gasteiger partial charge < -0.3 is 4.90 Å². The molecular weight excluding hydrogens is 663 g/mol. The number of fused-ring (bicyclic) bond motifs is 12. The third-order valence-electron chi connectivity index (χ3n) is 13.0. The molecule has 1 heterocycles. The Hall–Kier alpha value is -5.66. The zero-order valence-electron chi connectivity index (χ0n) is 33.4. The highest BCUT2D eigenvalue weighted by molar-refractivity contribution is 6.03. The molecule has 1 heteroatoms. The van der Waals surface area contributed by atoms with Crippen LogP contribution in [-0.4, -0.2) is 0 Å². The highest BCUT2D eigenvalue weighted by Gasteiger charge is 2.53. The van der Waals surface area contributed by atoms with E-state index in [1.807, 2.05) is 0 Å². The van der Waals surface area contributed by atoms with Gasteiger partial charge in [0.2, 0.25) is 0 Å². The molecule has 0 aromatic heterocycles. The SMILES string of the molecule is CC(C)(C)c1ccc2c(c1)C1(c3ccccc3-c3ccccc31)c1cc(C(C)(C)C)cc(N3c4ccccc4C(C)(C)c4cc(-c5ccccc5)ccc43)c1-2. The fraction of sp³-hybridized carbons (Fsp3) is 0.222. The van der Waals surface area contributed by atoms with Crippen molar-refractivity contribution in [1.29, 1.82) is 0 Å². The van der Waals surface area contributed by atoms with Crippen molar-refractivity contribution >= 4 is 17.1 Å². The van der Waals surface area contributed by atoms with Crippen LogP contribution in [0.2, 0.25) is 0 Å². The van der Waals surface area contributed by atoms with Gasteiger partial charge in [-0.05, 0) is 107 Å². The van der Waals surface area contributed by atoms with E-state index in [1.165, 1.54) is 95.0 Å². The second kappa shape index (κ2) is 11.4. The summed E-state index contributed by atoms with van der Waals surface area (Å²) >= 11 is 0. The molecule has 10 rings (SSSR count). The smallest absolute Gasteiger partial charge is 0.0726 e. The summed E-state index contributed by atoms with van der Waals surface area (Å²) in [6, 6.07) is 58.0. The van der Waals surface area contributed by atoms with Gasteiger partial charge in [0.15, 0.2) is 0 Å². The summed E-state index contributed by atoms with van der Waals surface area (Å²) in [6.45, 7) is 18.9. The first-order valence-corrected chi connectivity index (χ1v) is 19.9. The number of rotatable bonds is 2. The molecule has 0 saturated carbocycles. The number of para-hydroxylation sites is 1. The van der Waals surface area contributed by atoms with E-state index in [1.54, 1.807) is 0 Å². The van der Waals surface area contributed by atoms with Crippen LogP contribution in [0.5, 0.6) is 0 Å². The van der Waals surface area contributed by atoms with Gasteiger partial charge in [-0.1, -0.05) is 183 Å². The number of hydrogen-bond donors (Lipinski definition) is 0. The van der Waals surface area contributed by atoms with Gasteiger partial charge in [0.25, 0.3) is 0 Å². The van der Waals surface area contributed by atoms with Crippen molar-refractivity contribution in [3.63, 3.8) is 0 Å². The quantitative estimate of drug-likeness (QED) is 0.173. The fourth-order valence-corrected chi connectivity index (χ4v) is 10.1. The molecule has 0 saturated heterocycles. The van der Waals surface area contributed by atoms with Crippen LogP contribution in [0.1, 0.15) is 99.9 Å². The lowest BCUT2D eigenvalue weighted by Gasteiger charge is -2.43. The highest BCUT2D eigenvalue weighted by Crippen LogP contribution is 2.66. The van der Waals surface area contributed by atoms with Crippen molar-refractivity contribution < 1.29 is 0 Å². The van der Waals surface area contributed by atoms with E-state index in [-0.39, 0.29) is 16.2 Å². The van der Waals surface area contributed by atoms with Crippen molar-refractivity contribution in [1.82, 2.24) is 0 Å². The Morgan fingerprint density at radius 3 is 1.60 bits per heavy atom. The molecule has 0 N–H and O–H groups in total. The van der Waals surface area contributed by atoms with Gasteiger partial charge in [-0.25, -0.2) is 0 Å².